The Bertz CT molecular complexity index is 1230. The van der Waals surface area contributed by atoms with Crippen LogP contribution >= 0.6 is 22.6 Å². The van der Waals surface area contributed by atoms with Crippen molar-refractivity contribution in [2.24, 2.45) is 0 Å². The molecular formula is C24H15F6IN2O. The van der Waals surface area contributed by atoms with E-state index in [0.717, 1.165) is 33.4 Å². The molecule has 3 aromatic rings. The van der Waals surface area contributed by atoms with Crippen molar-refractivity contribution < 1.29 is 31.1 Å². The Kier molecular flexibility index (Phi) is 6.36. The van der Waals surface area contributed by atoms with E-state index >= 15 is 0 Å². The number of halogens is 7. The van der Waals surface area contributed by atoms with Crippen LogP contribution in [-0.4, -0.2) is 5.91 Å². The van der Waals surface area contributed by atoms with Gasteiger partial charge in [0.15, 0.2) is 0 Å². The third-order valence-electron chi connectivity index (χ3n) is 5.21. The molecule has 1 aliphatic heterocycles. The first kappa shape index (κ1) is 24.1. The predicted molar refractivity (Wildman–Crippen MR) is 124 cm³/mol. The standard InChI is InChI=1S/C24H15F6IN2O/c25-23(26,27)15-4-8-18(9-5-15)32-20-13-21(14-2-1-3-17(31)12-14)33(22(20)34)19-10-6-16(7-11-19)24(28,29)30/h1-13,21,32H. The summed E-state index contributed by atoms with van der Waals surface area (Å²) < 4.78 is 78.4. The fourth-order valence-electron chi connectivity index (χ4n) is 3.58. The van der Waals surface area contributed by atoms with E-state index in [9.17, 15) is 31.1 Å². The second-order valence-corrected chi connectivity index (χ2v) is 8.75. The summed E-state index contributed by atoms with van der Waals surface area (Å²) in [5.41, 5.74) is -0.323. The summed E-state index contributed by atoms with van der Waals surface area (Å²) >= 11 is 2.11. The number of nitrogens with zero attached hydrogens (tertiary/aromatic N) is 1. The van der Waals surface area contributed by atoms with Gasteiger partial charge in [-0.15, -0.1) is 0 Å². The number of benzene rings is 3. The molecule has 0 radical (unpaired) electrons. The first-order chi connectivity index (χ1) is 15.9. The molecular weight excluding hydrogens is 573 g/mol. The molecule has 10 heteroatoms. The van der Waals surface area contributed by atoms with Gasteiger partial charge in [0.25, 0.3) is 5.91 Å². The van der Waals surface area contributed by atoms with E-state index in [1.165, 1.54) is 29.2 Å². The topological polar surface area (TPSA) is 32.3 Å². The minimum Gasteiger partial charge on any atom is -0.351 e. The minimum absolute atomic E-state index is 0.100. The fraction of sp³-hybridized carbons (Fsp3) is 0.125. The molecule has 4 rings (SSSR count). The molecule has 0 fully saturated rings. The summed E-state index contributed by atoms with van der Waals surface area (Å²) in [5.74, 6) is -0.525. The Morgan fingerprint density at radius 3 is 1.88 bits per heavy atom. The number of carbonyl (C=O) groups excluding carboxylic acids is 1. The maximum Gasteiger partial charge on any atom is 0.416 e. The van der Waals surface area contributed by atoms with E-state index in [0.29, 0.717) is 0 Å². The summed E-state index contributed by atoms with van der Waals surface area (Å²) in [6.45, 7) is 0. The lowest BCUT2D eigenvalue weighted by Gasteiger charge is -2.26. The van der Waals surface area contributed by atoms with Crippen molar-refractivity contribution in [1.82, 2.24) is 0 Å². The van der Waals surface area contributed by atoms with Crippen LogP contribution in [0.1, 0.15) is 22.7 Å². The normalized spacial score (nSPS) is 16.6. The number of amides is 1. The highest BCUT2D eigenvalue weighted by Crippen LogP contribution is 2.38. The largest absolute Gasteiger partial charge is 0.416 e. The molecule has 176 valence electrons. The number of hydrogen-bond donors (Lipinski definition) is 1. The Balaban J connectivity index is 1.68. The van der Waals surface area contributed by atoms with Crippen LogP contribution in [0.25, 0.3) is 0 Å². The number of hydrogen-bond acceptors (Lipinski definition) is 2. The van der Waals surface area contributed by atoms with Gasteiger partial charge in [-0.25, -0.2) is 0 Å². The highest BCUT2D eigenvalue weighted by molar-refractivity contribution is 14.1. The molecule has 3 aromatic carbocycles. The van der Waals surface area contributed by atoms with Gasteiger partial charge >= 0.3 is 12.4 Å². The van der Waals surface area contributed by atoms with E-state index in [1.807, 2.05) is 12.1 Å². The molecule has 0 aliphatic carbocycles. The van der Waals surface area contributed by atoms with Crippen molar-refractivity contribution in [3.05, 3.63) is 105 Å². The maximum atomic E-state index is 13.3. The molecule has 0 saturated carbocycles. The van der Waals surface area contributed by atoms with E-state index < -0.39 is 35.4 Å². The highest BCUT2D eigenvalue weighted by Gasteiger charge is 2.36. The second kappa shape index (κ2) is 8.97. The van der Waals surface area contributed by atoms with Crippen LogP contribution in [0.3, 0.4) is 0 Å². The Morgan fingerprint density at radius 2 is 1.35 bits per heavy atom. The summed E-state index contributed by atoms with van der Waals surface area (Å²) in [6.07, 6.45) is -7.41. The SMILES string of the molecule is O=C1C(Nc2ccc(C(F)(F)F)cc2)=CC(c2cccc(I)c2)N1c1ccc(C(F)(F)F)cc1. The quantitative estimate of drug-likeness (QED) is 0.254. The minimum atomic E-state index is -4.52. The highest BCUT2D eigenvalue weighted by atomic mass is 127. The average Bonchev–Trinajstić information content (AvgIpc) is 3.09. The summed E-state index contributed by atoms with van der Waals surface area (Å²) in [5, 5.41) is 2.84. The zero-order valence-electron chi connectivity index (χ0n) is 17.1. The van der Waals surface area contributed by atoms with Crippen molar-refractivity contribution >= 4 is 39.9 Å². The smallest absolute Gasteiger partial charge is 0.351 e. The van der Waals surface area contributed by atoms with Gasteiger partial charge in [-0.1, -0.05) is 12.1 Å². The first-order valence-corrected chi connectivity index (χ1v) is 10.9. The Hall–Kier alpha value is -3.02. The van der Waals surface area contributed by atoms with Gasteiger partial charge < -0.3 is 5.32 Å². The van der Waals surface area contributed by atoms with E-state index in [-0.39, 0.29) is 17.1 Å². The molecule has 0 spiro atoms. The van der Waals surface area contributed by atoms with Crippen molar-refractivity contribution in [3.8, 4) is 0 Å². The molecule has 1 aliphatic rings. The average molecular weight is 588 g/mol. The van der Waals surface area contributed by atoms with Crippen molar-refractivity contribution in [1.29, 1.82) is 0 Å². The van der Waals surface area contributed by atoms with Gasteiger partial charge in [-0.2, -0.15) is 26.3 Å². The van der Waals surface area contributed by atoms with Crippen LogP contribution in [0.15, 0.2) is 84.6 Å². The van der Waals surface area contributed by atoms with E-state index in [1.54, 1.807) is 18.2 Å². The lowest BCUT2D eigenvalue weighted by molar-refractivity contribution is -0.138. The van der Waals surface area contributed by atoms with Gasteiger partial charge in [0, 0.05) is 14.9 Å². The molecule has 1 N–H and O–H groups in total. The van der Waals surface area contributed by atoms with Crippen molar-refractivity contribution in [3.63, 3.8) is 0 Å². The number of carbonyl (C=O) groups is 1. The molecule has 1 atom stereocenters. The molecule has 1 heterocycles. The number of alkyl halides is 6. The predicted octanol–water partition coefficient (Wildman–Crippen LogP) is 7.41. The molecule has 34 heavy (non-hydrogen) atoms. The van der Waals surface area contributed by atoms with E-state index in [2.05, 4.69) is 27.9 Å². The molecule has 0 aromatic heterocycles. The summed E-state index contributed by atoms with van der Waals surface area (Å²) in [6, 6.07) is 15.1. The fourth-order valence-corrected chi connectivity index (χ4v) is 4.14. The van der Waals surface area contributed by atoms with E-state index in [4.69, 9.17) is 0 Å². The maximum absolute atomic E-state index is 13.3. The number of nitrogens with one attached hydrogen (secondary N) is 1. The number of rotatable bonds is 4. The molecule has 1 amide bonds. The molecule has 3 nitrogen and oxygen atoms in total. The Morgan fingerprint density at radius 1 is 0.794 bits per heavy atom. The van der Waals surface area contributed by atoms with Gasteiger partial charge in [-0.05, 0) is 94.9 Å². The zero-order valence-corrected chi connectivity index (χ0v) is 19.2. The summed E-state index contributed by atoms with van der Waals surface area (Å²) in [4.78, 5) is 14.6. The second-order valence-electron chi connectivity index (χ2n) is 7.50. The monoisotopic (exact) mass is 588 g/mol. The van der Waals surface area contributed by atoms with Gasteiger partial charge in [0.2, 0.25) is 0 Å². The zero-order chi connectivity index (χ0) is 24.7. The van der Waals surface area contributed by atoms with Crippen LogP contribution in [-0.2, 0) is 17.1 Å². The van der Waals surface area contributed by atoms with Gasteiger partial charge in [0.1, 0.15) is 5.70 Å². The van der Waals surface area contributed by atoms with Gasteiger partial charge in [0.05, 0.1) is 17.2 Å². The summed E-state index contributed by atoms with van der Waals surface area (Å²) in [7, 11) is 0. The van der Waals surface area contributed by atoms with Crippen LogP contribution in [0.2, 0.25) is 0 Å². The lowest BCUT2D eigenvalue weighted by atomic mass is 10.1. The first-order valence-electron chi connectivity index (χ1n) is 9.86. The number of anilines is 2. The Labute approximate surface area is 204 Å². The van der Waals surface area contributed by atoms with Crippen LogP contribution in [0.4, 0.5) is 37.7 Å². The molecule has 1 unspecified atom stereocenters. The van der Waals surface area contributed by atoms with Crippen LogP contribution in [0.5, 0.6) is 0 Å². The van der Waals surface area contributed by atoms with Crippen LogP contribution < -0.4 is 10.2 Å². The molecule has 0 bridgehead atoms. The lowest BCUT2D eigenvalue weighted by Crippen LogP contribution is -2.30. The van der Waals surface area contributed by atoms with Crippen LogP contribution in [0, 0.1) is 3.57 Å². The van der Waals surface area contributed by atoms with Gasteiger partial charge in [-0.3, -0.25) is 9.69 Å². The van der Waals surface area contributed by atoms with Crippen molar-refractivity contribution in [2.45, 2.75) is 18.4 Å². The molecule has 0 saturated heterocycles. The third kappa shape index (κ3) is 5.06. The third-order valence-corrected chi connectivity index (χ3v) is 5.88. The van der Waals surface area contributed by atoms with Crippen molar-refractivity contribution in [2.75, 3.05) is 10.2 Å².